The molecule has 0 atom stereocenters. The maximum atomic E-state index is 9.82. The van der Waals surface area contributed by atoms with Gasteiger partial charge in [-0.05, 0) is 6.92 Å². The maximum absolute atomic E-state index is 9.82. The van der Waals surface area contributed by atoms with Crippen molar-refractivity contribution in [2.45, 2.75) is 13.8 Å². The summed E-state index contributed by atoms with van der Waals surface area (Å²) in [6.07, 6.45) is 0. The Labute approximate surface area is 119 Å². The summed E-state index contributed by atoms with van der Waals surface area (Å²) >= 11 is 4.67. The minimum atomic E-state index is -1.23. The fraction of sp³-hybridized carbons (Fsp3) is 0.667. The fourth-order valence-corrected chi connectivity index (χ4v) is 0.203. The second-order valence-corrected chi connectivity index (χ2v) is 1.70. The summed E-state index contributed by atoms with van der Waals surface area (Å²) in [5.74, 6) is -1.86. The van der Waals surface area contributed by atoms with Crippen LogP contribution in [-0.2, 0) is 14.3 Å². The minimum Gasteiger partial charge on any atom is -0.549 e. The van der Waals surface area contributed by atoms with Crippen LogP contribution in [0.5, 0.6) is 0 Å². The first-order valence-corrected chi connectivity index (χ1v) is 3.47. The SMILES string of the molecule is CCOC(C)=O.O=C([O-])CCl.[K+]. The molecule has 0 aliphatic rings. The van der Waals surface area contributed by atoms with E-state index < -0.39 is 11.8 Å². The van der Waals surface area contributed by atoms with Crippen LogP contribution in [0.4, 0.5) is 0 Å². The van der Waals surface area contributed by atoms with Gasteiger partial charge in [-0.3, -0.25) is 4.79 Å². The van der Waals surface area contributed by atoms with Gasteiger partial charge in [-0.25, -0.2) is 0 Å². The van der Waals surface area contributed by atoms with Crippen molar-refractivity contribution < 1.29 is 70.8 Å². The number of carboxylic acid groups (broad SMARTS) is 1. The molecule has 6 heteroatoms. The molecule has 0 saturated carbocycles. The zero-order valence-electron chi connectivity index (χ0n) is 7.43. The van der Waals surface area contributed by atoms with Crippen molar-refractivity contribution in [3.63, 3.8) is 0 Å². The molecular weight excluding hydrogens is 211 g/mol. The van der Waals surface area contributed by atoms with Crippen LogP contribution < -0.4 is 56.5 Å². The van der Waals surface area contributed by atoms with Crippen molar-refractivity contribution >= 4 is 23.5 Å². The molecule has 0 rings (SSSR count). The Hall–Kier alpha value is 0.866. The molecule has 0 aliphatic heterocycles. The van der Waals surface area contributed by atoms with E-state index in [1.165, 1.54) is 6.92 Å². The van der Waals surface area contributed by atoms with E-state index in [9.17, 15) is 4.79 Å². The Morgan fingerprint density at radius 2 is 1.83 bits per heavy atom. The molecular formula is C6H10ClKO4. The van der Waals surface area contributed by atoms with Gasteiger partial charge >= 0.3 is 57.4 Å². The minimum absolute atomic E-state index is 0. The molecule has 0 spiro atoms. The van der Waals surface area contributed by atoms with Gasteiger partial charge in [0.2, 0.25) is 0 Å². The zero-order valence-corrected chi connectivity index (χ0v) is 11.3. The molecule has 0 bridgehead atoms. The summed E-state index contributed by atoms with van der Waals surface area (Å²) in [5, 5.41) is 9.12. The Balaban J connectivity index is -0.000000126. The predicted molar refractivity (Wildman–Crippen MR) is 38.0 cm³/mol. The van der Waals surface area contributed by atoms with E-state index >= 15 is 0 Å². The van der Waals surface area contributed by atoms with E-state index in [4.69, 9.17) is 9.90 Å². The Morgan fingerprint density at radius 1 is 1.50 bits per heavy atom. The molecule has 0 unspecified atom stereocenters. The molecule has 0 fully saturated rings. The number of rotatable bonds is 2. The number of carboxylic acids is 1. The third-order valence-corrected chi connectivity index (χ3v) is 0.675. The number of hydrogen-bond acceptors (Lipinski definition) is 4. The van der Waals surface area contributed by atoms with Crippen LogP contribution in [0.1, 0.15) is 13.8 Å². The number of carbonyl (C=O) groups excluding carboxylic acids is 2. The first-order chi connectivity index (χ1) is 5.04. The van der Waals surface area contributed by atoms with Crippen LogP contribution in [0.3, 0.4) is 0 Å². The van der Waals surface area contributed by atoms with E-state index in [-0.39, 0.29) is 57.4 Å². The van der Waals surface area contributed by atoms with Gasteiger partial charge in [0.1, 0.15) is 0 Å². The van der Waals surface area contributed by atoms with Gasteiger partial charge in [-0.2, -0.15) is 0 Å². The van der Waals surface area contributed by atoms with Crippen molar-refractivity contribution in [2.24, 2.45) is 0 Å². The van der Waals surface area contributed by atoms with E-state index in [1.807, 2.05) is 0 Å². The molecule has 66 valence electrons. The molecule has 0 aromatic heterocycles. The third-order valence-electron chi connectivity index (χ3n) is 0.457. The molecule has 0 aromatic rings. The summed E-state index contributed by atoms with van der Waals surface area (Å²) in [6.45, 7) is 3.65. The van der Waals surface area contributed by atoms with Gasteiger partial charge in [-0.15, -0.1) is 11.6 Å². The molecule has 0 radical (unpaired) electrons. The largest absolute Gasteiger partial charge is 1.00 e. The van der Waals surface area contributed by atoms with Crippen LogP contribution in [0.25, 0.3) is 0 Å². The van der Waals surface area contributed by atoms with Gasteiger partial charge in [-0.1, -0.05) is 0 Å². The van der Waals surface area contributed by atoms with E-state index in [0.29, 0.717) is 6.61 Å². The number of hydrogen-bond donors (Lipinski definition) is 0. The first-order valence-electron chi connectivity index (χ1n) is 2.93. The van der Waals surface area contributed by atoms with Crippen LogP contribution >= 0.6 is 11.6 Å². The maximum Gasteiger partial charge on any atom is 1.00 e. The van der Waals surface area contributed by atoms with Gasteiger partial charge in [0.25, 0.3) is 0 Å². The zero-order chi connectivity index (χ0) is 9.28. The first kappa shape index (κ1) is 18.6. The van der Waals surface area contributed by atoms with Crippen molar-refractivity contribution in [1.82, 2.24) is 0 Å². The molecule has 0 heterocycles. The van der Waals surface area contributed by atoms with Gasteiger partial charge in [0, 0.05) is 6.92 Å². The average molecular weight is 221 g/mol. The number of ether oxygens (including phenoxy) is 1. The van der Waals surface area contributed by atoms with Crippen molar-refractivity contribution in [3.8, 4) is 0 Å². The third kappa shape index (κ3) is 30.7. The topological polar surface area (TPSA) is 66.4 Å². The van der Waals surface area contributed by atoms with Crippen LogP contribution in [0.15, 0.2) is 0 Å². The Morgan fingerprint density at radius 3 is 1.83 bits per heavy atom. The van der Waals surface area contributed by atoms with E-state index in [2.05, 4.69) is 16.3 Å². The quantitative estimate of drug-likeness (QED) is 0.276. The predicted octanol–water partition coefficient (Wildman–Crippen LogP) is -3.45. The molecule has 0 saturated heterocycles. The molecule has 12 heavy (non-hydrogen) atoms. The van der Waals surface area contributed by atoms with Crippen LogP contribution in [-0.4, -0.2) is 24.4 Å². The number of esters is 1. The smallest absolute Gasteiger partial charge is 0.549 e. The summed E-state index contributed by atoms with van der Waals surface area (Å²) in [7, 11) is 0. The Bertz CT molecular complexity index is 129. The van der Waals surface area contributed by atoms with Gasteiger partial charge in [0.15, 0.2) is 0 Å². The molecule has 0 aromatic carbocycles. The summed E-state index contributed by atoms with van der Waals surface area (Å²) in [5.41, 5.74) is 0. The van der Waals surface area contributed by atoms with Crippen LogP contribution in [0.2, 0.25) is 0 Å². The van der Waals surface area contributed by atoms with Crippen LogP contribution in [0, 0.1) is 0 Å². The number of aliphatic carboxylic acids is 1. The monoisotopic (exact) mass is 220 g/mol. The average Bonchev–Trinajstić information content (AvgIpc) is 1.89. The Kier molecular flexibility index (Phi) is 22.3. The second kappa shape index (κ2) is 14.4. The van der Waals surface area contributed by atoms with Crippen molar-refractivity contribution in [2.75, 3.05) is 12.5 Å². The van der Waals surface area contributed by atoms with Crippen molar-refractivity contribution in [1.29, 1.82) is 0 Å². The van der Waals surface area contributed by atoms with Gasteiger partial charge < -0.3 is 14.6 Å². The normalized spacial score (nSPS) is 6.92. The molecule has 0 aliphatic carbocycles. The second-order valence-electron chi connectivity index (χ2n) is 1.43. The standard InChI is InChI=1S/C4H8O2.C2H3ClO2.K/c1-3-6-4(2)5;3-1-2(4)5;/h3H2,1-2H3;1H2,(H,4,5);/q;;+1/p-1. The molecule has 4 nitrogen and oxygen atoms in total. The summed E-state index contributed by atoms with van der Waals surface area (Å²) in [4.78, 5) is 18.9. The molecule has 0 N–H and O–H groups in total. The molecule has 0 amide bonds. The number of halogens is 1. The number of alkyl halides is 1. The fourth-order valence-electron chi connectivity index (χ4n) is 0.203. The van der Waals surface area contributed by atoms with Gasteiger partial charge in [0.05, 0.1) is 18.5 Å². The van der Waals surface area contributed by atoms with Crippen molar-refractivity contribution in [3.05, 3.63) is 0 Å². The summed E-state index contributed by atoms with van der Waals surface area (Å²) in [6, 6.07) is 0. The van der Waals surface area contributed by atoms with E-state index in [0.717, 1.165) is 0 Å². The van der Waals surface area contributed by atoms with E-state index in [1.54, 1.807) is 6.92 Å². The number of carbonyl (C=O) groups is 2. The summed E-state index contributed by atoms with van der Waals surface area (Å²) < 4.78 is 4.40.